The number of carbonyl (C=O) groups excluding carboxylic acids is 1. The topological polar surface area (TPSA) is 120 Å². The second-order valence-electron chi connectivity index (χ2n) is 6.27. The summed E-state index contributed by atoms with van der Waals surface area (Å²) in [7, 11) is 0. The van der Waals surface area contributed by atoms with Crippen molar-refractivity contribution in [1.29, 1.82) is 0 Å². The molecule has 4 aromatic rings. The van der Waals surface area contributed by atoms with Gasteiger partial charge in [-0.15, -0.1) is 0 Å². The second kappa shape index (κ2) is 7.71. The van der Waals surface area contributed by atoms with Crippen molar-refractivity contribution >= 4 is 38.9 Å². The van der Waals surface area contributed by atoms with Crippen LogP contribution in [0.2, 0.25) is 0 Å². The Bertz CT molecular complexity index is 1180. The number of carbonyl (C=O) groups is 1. The zero-order chi connectivity index (χ0) is 19.5. The minimum atomic E-state index is -0.434. The van der Waals surface area contributed by atoms with Gasteiger partial charge in [-0.05, 0) is 12.1 Å². The lowest BCUT2D eigenvalue weighted by molar-refractivity contribution is 0.0953. The number of pyridine rings is 1. The van der Waals surface area contributed by atoms with Crippen molar-refractivity contribution in [3.63, 3.8) is 0 Å². The molecule has 4 N–H and O–H groups in total. The molecule has 2 heterocycles. The molecular formula is C20H19N5O3. The van der Waals surface area contributed by atoms with Crippen molar-refractivity contribution in [3.8, 4) is 5.75 Å². The highest BCUT2D eigenvalue weighted by atomic mass is 16.3. The van der Waals surface area contributed by atoms with E-state index in [9.17, 15) is 9.90 Å². The molecule has 1 amide bonds. The van der Waals surface area contributed by atoms with Crippen LogP contribution in [0.1, 0.15) is 10.4 Å². The molecule has 0 fully saturated rings. The highest BCUT2D eigenvalue weighted by molar-refractivity contribution is 6.19. The number of rotatable bonds is 6. The van der Waals surface area contributed by atoms with Crippen LogP contribution in [0.15, 0.2) is 42.6 Å². The lowest BCUT2D eigenvalue weighted by atomic mass is 10.0. The fourth-order valence-corrected chi connectivity index (χ4v) is 3.17. The first-order valence-corrected chi connectivity index (χ1v) is 8.96. The monoisotopic (exact) mass is 377 g/mol. The van der Waals surface area contributed by atoms with Gasteiger partial charge in [0.15, 0.2) is 5.65 Å². The number of phenolic OH excluding ortho intramolecular Hbond substituents is 1. The van der Waals surface area contributed by atoms with Crippen LogP contribution in [0.25, 0.3) is 33.0 Å². The van der Waals surface area contributed by atoms with E-state index in [-0.39, 0.29) is 17.9 Å². The van der Waals surface area contributed by atoms with Gasteiger partial charge in [-0.2, -0.15) is 0 Å². The van der Waals surface area contributed by atoms with Crippen LogP contribution in [-0.4, -0.2) is 57.3 Å². The maximum absolute atomic E-state index is 12.9. The van der Waals surface area contributed by atoms with E-state index in [4.69, 9.17) is 5.11 Å². The first-order valence-electron chi connectivity index (χ1n) is 8.96. The van der Waals surface area contributed by atoms with Crippen molar-refractivity contribution < 1.29 is 15.0 Å². The minimum absolute atomic E-state index is 0.0285. The summed E-state index contributed by atoms with van der Waals surface area (Å²) >= 11 is 0. The maximum atomic E-state index is 12.9. The smallest absolute Gasteiger partial charge is 0.257 e. The average molecular weight is 377 g/mol. The molecule has 142 valence electrons. The maximum Gasteiger partial charge on any atom is 0.257 e. The standard InChI is InChI=1S/C20H19N5O3/c26-11-10-21-8-9-23-20(28)15-17-16(12-4-1-2-5-13(12)18(15)27)25-19-14(24-17)6-3-7-22-19/h1-7,21,26-27H,8-11H2,(H,23,28). The van der Waals surface area contributed by atoms with Gasteiger partial charge in [0.05, 0.1) is 6.61 Å². The highest BCUT2D eigenvalue weighted by Crippen LogP contribution is 2.36. The Balaban J connectivity index is 1.86. The van der Waals surface area contributed by atoms with Gasteiger partial charge in [0.25, 0.3) is 5.91 Å². The Morgan fingerprint density at radius 3 is 2.61 bits per heavy atom. The van der Waals surface area contributed by atoms with Gasteiger partial charge in [0.2, 0.25) is 0 Å². The first-order chi connectivity index (χ1) is 13.7. The van der Waals surface area contributed by atoms with E-state index >= 15 is 0 Å². The highest BCUT2D eigenvalue weighted by Gasteiger charge is 2.22. The van der Waals surface area contributed by atoms with E-state index in [2.05, 4.69) is 25.6 Å². The van der Waals surface area contributed by atoms with E-state index in [0.717, 1.165) is 0 Å². The molecule has 0 saturated heterocycles. The van der Waals surface area contributed by atoms with E-state index < -0.39 is 5.91 Å². The number of phenols is 1. The molecule has 2 aromatic heterocycles. The van der Waals surface area contributed by atoms with Gasteiger partial charge in [-0.25, -0.2) is 15.0 Å². The Kier molecular flexibility index (Phi) is 4.96. The number of fused-ring (bicyclic) bond motifs is 4. The number of nitrogens with one attached hydrogen (secondary N) is 2. The Hall–Kier alpha value is -3.36. The first kappa shape index (κ1) is 18.0. The molecule has 8 heteroatoms. The van der Waals surface area contributed by atoms with Crippen molar-refractivity contribution in [2.45, 2.75) is 0 Å². The summed E-state index contributed by atoms with van der Waals surface area (Å²) in [5.74, 6) is -0.557. The van der Waals surface area contributed by atoms with Gasteiger partial charge in [-0.1, -0.05) is 24.3 Å². The number of aliphatic hydroxyl groups excluding tert-OH is 1. The minimum Gasteiger partial charge on any atom is -0.506 e. The quantitative estimate of drug-likeness (QED) is 0.227. The molecular weight excluding hydrogens is 358 g/mol. The van der Waals surface area contributed by atoms with E-state index in [1.807, 2.05) is 12.1 Å². The number of hydrogen-bond donors (Lipinski definition) is 4. The average Bonchev–Trinajstić information content (AvgIpc) is 2.73. The molecule has 0 spiro atoms. The fourth-order valence-electron chi connectivity index (χ4n) is 3.17. The third-order valence-electron chi connectivity index (χ3n) is 4.45. The van der Waals surface area contributed by atoms with E-state index in [1.54, 1.807) is 30.5 Å². The number of aliphatic hydroxyl groups is 1. The summed E-state index contributed by atoms with van der Waals surface area (Å²) in [5.41, 5.74) is 1.96. The van der Waals surface area contributed by atoms with Gasteiger partial charge < -0.3 is 20.8 Å². The summed E-state index contributed by atoms with van der Waals surface area (Å²) in [4.78, 5) is 26.3. The molecule has 0 bridgehead atoms. The van der Waals surface area contributed by atoms with Gasteiger partial charge in [0.1, 0.15) is 27.9 Å². The zero-order valence-electron chi connectivity index (χ0n) is 15.0. The van der Waals surface area contributed by atoms with Crippen LogP contribution in [0.3, 0.4) is 0 Å². The number of nitrogens with zero attached hydrogens (tertiary/aromatic N) is 3. The SMILES string of the molecule is O=C(NCCNCCO)c1c(O)c2ccccc2c2nc3ncccc3nc12. The molecule has 0 aliphatic carbocycles. The van der Waals surface area contributed by atoms with Crippen molar-refractivity contribution in [2.75, 3.05) is 26.2 Å². The number of hydrogen-bond acceptors (Lipinski definition) is 7. The number of benzene rings is 2. The molecule has 0 aliphatic heterocycles. The Labute approximate surface area is 160 Å². The van der Waals surface area contributed by atoms with E-state index in [0.29, 0.717) is 52.6 Å². The van der Waals surface area contributed by atoms with Crippen LogP contribution in [-0.2, 0) is 0 Å². The fraction of sp³-hybridized carbons (Fsp3) is 0.200. The van der Waals surface area contributed by atoms with Gasteiger partial charge in [-0.3, -0.25) is 4.79 Å². The summed E-state index contributed by atoms with van der Waals surface area (Å²) < 4.78 is 0. The third kappa shape index (κ3) is 3.19. The van der Waals surface area contributed by atoms with Crippen LogP contribution >= 0.6 is 0 Å². The van der Waals surface area contributed by atoms with Gasteiger partial charge >= 0.3 is 0 Å². The predicted molar refractivity (Wildman–Crippen MR) is 106 cm³/mol. The Morgan fingerprint density at radius 2 is 1.79 bits per heavy atom. The van der Waals surface area contributed by atoms with Crippen LogP contribution in [0, 0.1) is 0 Å². The third-order valence-corrected chi connectivity index (χ3v) is 4.45. The van der Waals surface area contributed by atoms with E-state index in [1.165, 1.54) is 0 Å². The molecule has 0 saturated carbocycles. The lowest BCUT2D eigenvalue weighted by Gasteiger charge is -2.13. The van der Waals surface area contributed by atoms with Crippen LogP contribution in [0.5, 0.6) is 5.75 Å². The lowest BCUT2D eigenvalue weighted by Crippen LogP contribution is -2.33. The Morgan fingerprint density at radius 1 is 0.964 bits per heavy atom. The van der Waals surface area contributed by atoms with Crippen molar-refractivity contribution in [1.82, 2.24) is 25.6 Å². The summed E-state index contributed by atoms with van der Waals surface area (Å²) in [6.07, 6.45) is 1.64. The summed E-state index contributed by atoms with van der Waals surface area (Å²) in [6, 6.07) is 10.7. The summed E-state index contributed by atoms with van der Waals surface area (Å²) in [6.45, 7) is 1.32. The molecule has 0 radical (unpaired) electrons. The molecule has 0 unspecified atom stereocenters. The second-order valence-corrected chi connectivity index (χ2v) is 6.27. The number of aromatic hydroxyl groups is 1. The predicted octanol–water partition coefficient (Wildman–Crippen LogP) is 1.35. The van der Waals surface area contributed by atoms with Crippen LogP contribution in [0.4, 0.5) is 0 Å². The molecule has 0 aliphatic rings. The molecule has 0 atom stereocenters. The van der Waals surface area contributed by atoms with Crippen molar-refractivity contribution in [2.24, 2.45) is 0 Å². The molecule has 2 aromatic carbocycles. The zero-order valence-corrected chi connectivity index (χ0v) is 15.0. The normalized spacial score (nSPS) is 11.3. The molecule has 8 nitrogen and oxygen atoms in total. The van der Waals surface area contributed by atoms with Crippen LogP contribution < -0.4 is 10.6 Å². The van der Waals surface area contributed by atoms with Crippen molar-refractivity contribution in [3.05, 3.63) is 48.2 Å². The number of amides is 1. The summed E-state index contributed by atoms with van der Waals surface area (Å²) in [5, 5.41) is 26.6. The number of aromatic nitrogens is 3. The molecule has 4 rings (SSSR count). The molecule has 28 heavy (non-hydrogen) atoms. The van der Waals surface area contributed by atoms with Gasteiger partial charge in [0, 0.05) is 36.6 Å². The largest absolute Gasteiger partial charge is 0.506 e.